The molecule has 7 heteroatoms. The second kappa shape index (κ2) is 4.92. The van der Waals surface area contributed by atoms with Gasteiger partial charge >= 0.3 is 0 Å². The van der Waals surface area contributed by atoms with Gasteiger partial charge in [-0.15, -0.1) is 0 Å². The van der Waals surface area contributed by atoms with Crippen molar-refractivity contribution < 1.29 is 14.6 Å². The van der Waals surface area contributed by atoms with Gasteiger partial charge in [0.25, 0.3) is 0 Å². The van der Waals surface area contributed by atoms with Crippen LogP contribution in [0.4, 0.5) is 4.39 Å². The van der Waals surface area contributed by atoms with Crippen LogP contribution in [0, 0.1) is 18.8 Å². The van der Waals surface area contributed by atoms with E-state index in [-0.39, 0.29) is 31.1 Å². The summed E-state index contributed by atoms with van der Waals surface area (Å²) in [5.74, 6) is -0.593. The molecule has 6 nitrogen and oxygen atoms in total. The lowest BCUT2D eigenvalue weighted by atomic mass is 9.66. The third kappa shape index (κ3) is 1.66. The van der Waals surface area contributed by atoms with Gasteiger partial charge in [-0.25, -0.2) is 19.3 Å². The summed E-state index contributed by atoms with van der Waals surface area (Å²) in [7, 11) is 0. The fourth-order valence-corrected chi connectivity index (χ4v) is 2.97. The standard InChI is InChI=1S/C13H15FN4O2/c1-7-11-13(16-5-15-7)18(6-17-11)12-8(2-14)9(3-19)10(12)4-20/h2,5-6,9-10,12,19-20H,3-4H2,1H3/b8-2+/t9-,10+,12+/m0/s1. The van der Waals surface area contributed by atoms with E-state index in [2.05, 4.69) is 15.0 Å². The highest BCUT2D eigenvalue weighted by molar-refractivity contribution is 5.73. The zero-order valence-electron chi connectivity index (χ0n) is 10.9. The summed E-state index contributed by atoms with van der Waals surface area (Å²) < 4.78 is 14.8. The van der Waals surface area contributed by atoms with Gasteiger partial charge < -0.3 is 14.8 Å². The Morgan fingerprint density at radius 1 is 1.30 bits per heavy atom. The minimum Gasteiger partial charge on any atom is -0.396 e. The third-order valence-corrected chi connectivity index (χ3v) is 4.07. The molecule has 0 saturated heterocycles. The number of imidazole rings is 1. The van der Waals surface area contributed by atoms with E-state index in [9.17, 15) is 14.6 Å². The van der Waals surface area contributed by atoms with Gasteiger partial charge in [-0.05, 0) is 12.5 Å². The summed E-state index contributed by atoms with van der Waals surface area (Å²) >= 11 is 0. The number of aryl methyl sites for hydroxylation is 1. The predicted octanol–water partition coefficient (Wildman–Crippen LogP) is 0.760. The second-order valence-corrected chi connectivity index (χ2v) is 4.97. The fraction of sp³-hybridized carbons (Fsp3) is 0.462. The Morgan fingerprint density at radius 2 is 2.10 bits per heavy atom. The van der Waals surface area contributed by atoms with Gasteiger partial charge in [-0.3, -0.25) is 0 Å². The van der Waals surface area contributed by atoms with Crippen molar-refractivity contribution >= 4 is 11.2 Å². The molecule has 0 unspecified atom stereocenters. The zero-order chi connectivity index (χ0) is 14.3. The highest BCUT2D eigenvalue weighted by Crippen LogP contribution is 2.49. The van der Waals surface area contributed by atoms with E-state index in [0.717, 1.165) is 5.69 Å². The summed E-state index contributed by atoms with van der Waals surface area (Å²) in [6.07, 6.45) is 3.53. The molecule has 2 aromatic rings. The number of aliphatic hydroxyl groups excluding tert-OH is 2. The summed E-state index contributed by atoms with van der Waals surface area (Å²) in [4.78, 5) is 12.5. The number of nitrogens with zero attached hydrogens (tertiary/aromatic N) is 4. The maximum absolute atomic E-state index is 13.1. The molecular formula is C13H15FN4O2. The maximum Gasteiger partial charge on any atom is 0.164 e. The number of rotatable bonds is 3. The minimum absolute atomic E-state index is 0.128. The molecule has 0 aliphatic heterocycles. The number of halogens is 1. The van der Waals surface area contributed by atoms with Crippen LogP contribution >= 0.6 is 0 Å². The van der Waals surface area contributed by atoms with Crippen molar-refractivity contribution in [3.8, 4) is 0 Å². The Morgan fingerprint density at radius 3 is 2.75 bits per heavy atom. The molecule has 20 heavy (non-hydrogen) atoms. The van der Waals surface area contributed by atoms with Gasteiger partial charge in [0.05, 0.1) is 31.0 Å². The van der Waals surface area contributed by atoms with Gasteiger partial charge in [0, 0.05) is 18.4 Å². The number of aliphatic hydroxyl groups is 2. The molecule has 1 aliphatic rings. The molecule has 0 amide bonds. The van der Waals surface area contributed by atoms with Crippen LogP contribution in [0.15, 0.2) is 24.6 Å². The normalized spacial score (nSPS) is 28.0. The van der Waals surface area contributed by atoms with Crippen LogP contribution in [0.3, 0.4) is 0 Å². The largest absolute Gasteiger partial charge is 0.396 e. The highest BCUT2D eigenvalue weighted by atomic mass is 19.1. The summed E-state index contributed by atoms with van der Waals surface area (Å²) in [5.41, 5.74) is 2.48. The summed E-state index contributed by atoms with van der Waals surface area (Å²) in [6, 6.07) is -0.360. The molecule has 3 rings (SSSR count). The molecule has 2 N–H and O–H groups in total. The average molecular weight is 278 g/mol. The first-order chi connectivity index (χ1) is 9.72. The van der Waals surface area contributed by atoms with E-state index in [1.54, 1.807) is 10.9 Å². The number of hydrogen-bond donors (Lipinski definition) is 2. The fourth-order valence-electron chi connectivity index (χ4n) is 2.97. The van der Waals surface area contributed by atoms with E-state index in [0.29, 0.717) is 23.1 Å². The van der Waals surface area contributed by atoms with Gasteiger partial charge in [0.2, 0.25) is 0 Å². The second-order valence-electron chi connectivity index (χ2n) is 4.97. The number of fused-ring (bicyclic) bond motifs is 1. The lowest BCUT2D eigenvalue weighted by molar-refractivity contribution is 0.0510. The molecule has 0 spiro atoms. The lowest BCUT2D eigenvalue weighted by Gasteiger charge is -2.45. The smallest absolute Gasteiger partial charge is 0.164 e. The third-order valence-electron chi connectivity index (χ3n) is 4.07. The topological polar surface area (TPSA) is 84.1 Å². The van der Waals surface area contributed by atoms with E-state index in [1.807, 2.05) is 6.92 Å². The summed E-state index contributed by atoms with van der Waals surface area (Å²) in [6.45, 7) is 1.52. The van der Waals surface area contributed by atoms with Gasteiger partial charge in [-0.2, -0.15) is 0 Å². The Kier molecular flexibility index (Phi) is 3.23. The van der Waals surface area contributed by atoms with Crippen LogP contribution in [0.5, 0.6) is 0 Å². The van der Waals surface area contributed by atoms with Crippen molar-refractivity contribution in [2.24, 2.45) is 11.8 Å². The zero-order valence-corrected chi connectivity index (χ0v) is 10.9. The Labute approximate surface area is 114 Å². The molecule has 0 bridgehead atoms. The maximum atomic E-state index is 13.1. The van der Waals surface area contributed by atoms with Crippen LogP contribution < -0.4 is 0 Å². The van der Waals surface area contributed by atoms with E-state index in [1.165, 1.54) is 6.33 Å². The first-order valence-electron chi connectivity index (χ1n) is 6.39. The Bertz CT molecular complexity index is 669. The van der Waals surface area contributed by atoms with Gasteiger partial charge in [0.15, 0.2) is 5.65 Å². The molecule has 106 valence electrons. The molecule has 0 radical (unpaired) electrons. The van der Waals surface area contributed by atoms with Crippen molar-refractivity contribution in [2.45, 2.75) is 13.0 Å². The van der Waals surface area contributed by atoms with Gasteiger partial charge in [0.1, 0.15) is 11.8 Å². The van der Waals surface area contributed by atoms with Crippen molar-refractivity contribution in [1.29, 1.82) is 0 Å². The molecular weight excluding hydrogens is 263 g/mol. The van der Waals surface area contributed by atoms with Crippen molar-refractivity contribution in [2.75, 3.05) is 13.2 Å². The first-order valence-corrected chi connectivity index (χ1v) is 6.39. The van der Waals surface area contributed by atoms with Gasteiger partial charge in [-0.1, -0.05) is 0 Å². The molecule has 3 atom stereocenters. The van der Waals surface area contributed by atoms with Crippen LogP contribution in [0.25, 0.3) is 11.2 Å². The molecule has 1 saturated carbocycles. The lowest BCUT2D eigenvalue weighted by Crippen LogP contribution is -2.45. The number of aromatic nitrogens is 4. The Balaban J connectivity index is 2.09. The van der Waals surface area contributed by atoms with Crippen LogP contribution in [-0.2, 0) is 0 Å². The van der Waals surface area contributed by atoms with Crippen molar-refractivity contribution in [1.82, 2.24) is 19.5 Å². The first kappa shape index (κ1) is 13.1. The van der Waals surface area contributed by atoms with E-state index >= 15 is 0 Å². The van der Waals surface area contributed by atoms with Crippen LogP contribution in [0.1, 0.15) is 11.7 Å². The quantitative estimate of drug-likeness (QED) is 0.866. The predicted molar refractivity (Wildman–Crippen MR) is 69.4 cm³/mol. The molecule has 1 aliphatic carbocycles. The minimum atomic E-state index is -0.360. The highest BCUT2D eigenvalue weighted by Gasteiger charge is 2.47. The SMILES string of the molecule is Cc1ncnc2c1ncn2[C@@H]1/C(=C/F)[C@H](CO)[C@H]1CO. The molecule has 1 fully saturated rings. The molecule has 2 aromatic heterocycles. The monoisotopic (exact) mass is 278 g/mol. The molecule has 0 aromatic carbocycles. The van der Waals surface area contributed by atoms with Crippen LogP contribution in [-0.4, -0.2) is 42.9 Å². The van der Waals surface area contributed by atoms with Crippen molar-refractivity contribution in [3.05, 3.63) is 30.3 Å². The molecule has 2 heterocycles. The van der Waals surface area contributed by atoms with Crippen LogP contribution in [0.2, 0.25) is 0 Å². The number of hydrogen-bond acceptors (Lipinski definition) is 5. The van der Waals surface area contributed by atoms with E-state index in [4.69, 9.17) is 0 Å². The Hall–Kier alpha value is -1.86. The summed E-state index contributed by atoms with van der Waals surface area (Å²) in [5, 5.41) is 18.8. The van der Waals surface area contributed by atoms with E-state index < -0.39 is 0 Å². The average Bonchev–Trinajstić information content (AvgIpc) is 2.84. The van der Waals surface area contributed by atoms with Crippen molar-refractivity contribution in [3.63, 3.8) is 0 Å².